The van der Waals surface area contributed by atoms with Crippen molar-refractivity contribution in [3.63, 3.8) is 0 Å². The molecule has 0 spiro atoms. The molecular weight excluding hydrogens is 248 g/mol. The summed E-state index contributed by atoms with van der Waals surface area (Å²) in [6.07, 6.45) is 0. The number of hydrogen-bond acceptors (Lipinski definition) is 2. The van der Waals surface area contributed by atoms with Crippen LogP contribution in [0.1, 0.15) is 26.3 Å². The zero-order valence-electron chi connectivity index (χ0n) is 10.6. The Morgan fingerprint density at radius 3 is 2.17 bits per heavy atom. The molecule has 0 radical (unpaired) electrons. The molecule has 2 rings (SSSR count). The monoisotopic (exact) mass is 264 g/mol. The van der Waals surface area contributed by atoms with Gasteiger partial charge in [0.25, 0.3) is 10.1 Å². The van der Waals surface area contributed by atoms with Crippen LogP contribution >= 0.6 is 0 Å². The molecule has 96 valence electrons. The Bertz CT molecular complexity index is 695. The number of rotatable bonds is 1. The SMILES string of the molecule is CC(C)(C)c1ccc2ccccc2c1S(=O)(=O)O. The summed E-state index contributed by atoms with van der Waals surface area (Å²) < 4.78 is 32.8. The Balaban J connectivity index is 2.98. The van der Waals surface area contributed by atoms with Gasteiger partial charge in [-0.15, -0.1) is 0 Å². The van der Waals surface area contributed by atoms with Gasteiger partial charge in [0.1, 0.15) is 4.90 Å². The average molecular weight is 264 g/mol. The zero-order valence-corrected chi connectivity index (χ0v) is 11.5. The van der Waals surface area contributed by atoms with Gasteiger partial charge in [0.15, 0.2) is 0 Å². The fourth-order valence-corrected chi connectivity index (χ4v) is 3.23. The van der Waals surface area contributed by atoms with Gasteiger partial charge in [0.2, 0.25) is 0 Å². The second-order valence-corrected chi connectivity index (χ2v) is 6.75. The largest absolute Gasteiger partial charge is 0.295 e. The first-order chi connectivity index (χ1) is 8.21. The first-order valence-corrected chi connectivity index (χ1v) is 7.15. The summed E-state index contributed by atoms with van der Waals surface area (Å²) in [5.74, 6) is 0. The fraction of sp³-hybridized carbons (Fsp3) is 0.286. The maximum atomic E-state index is 11.7. The number of hydrogen-bond donors (Lipinski definition) is 1. The Kier molecular flexibility index (Phi) is 2.95. The molecule has 0 atom stereocenters. The molecule has 4 heteroatoms. The Labute approximate surface area is 107 Å². The van der Waals surface area contributed by atoms with Crippen molar-refractivity contribution < 1.29 is 13.0 Å². The maximum absolute atomic E-state index is 11.7. The summed E-state index contributed by atoms with van der Waals surface area (Å²) in [6, 6.07) is 10.8. The van der Waals surface area contributed by atoms with Crippen molar-refractivity contribution in [2.75, 3.05) is 0 Å². The molecule has 1 N–H and O–H groups in total. The van der Waals surface area contributed by atoms with E-state index in [9.17, 15) is 13.0 Å². The molecular formula is C14H16O3S. The quantitative estimate of drug-likeness (QED) is 0.803. The van der Waals surface area contributed by atoms with Gasteiger partial charge in [-0.3, -0.25) is 4.55 Å². The van der Waals surface area contributed by atoms with Crippen molar-refractivity contribution in [3.8, 4) is 0 Å². The normalized spacial score (nSPS) is 12.9. The lowest BCUT2D eigenvalue weighted by Crippen LogP contribution is -2.17. The van der Waals surface area contributed by atoms with Crippen LogP contribution in [-0.4, -0.2) is 13.0 Å². The Morgan fingerprint density at radius 1 is 1.00 bits per heavy atom. The van der Waals surface area contributed by atoms with E-state index in [4.69, 9.17) is 0 Å². The summed E-state index contributed by atoms with van der Waals surface area (Å²) in [5.41, 5.74) is 0.276. The van der Waals surface area contributed by atoms with Crippen molar-refractivity contribution in [2.45, 2.75) is 31.1 Å². The van der Waals surface area contributed by atoms with Crippen LogP contribution in [0.25, 0.3) is 10.8 Å². The third-order valence-corrected chi connectivity index (χ3v) is 3.90. The number of fused-ring (bicyclic) bond motifs is 1. The van der Waals surface area contributed by atoms with E-state index >= 15 is 0 Å². The van der Waals surface area contributed by atoms with Gasteiger partial charge in [0, 0.05) is 5.39 Å². The topological polar surface area (TPSA) is 54.4 Å². The Hall–Kier alpha value is -1.39. The summed E-state index contributed by atoms with van der Waals surface area (Å²) in [4.78, 5) is 0.0214. The van der Waals surface area contributed by atoms with E-state index in [0.717, 1.165) is 5.39 Å². The molecule has 0 aliphatic carbocycles. The molecule has 0 amide bonds. The van der Waals surface area contributed by atoms with E-state index in [1.807, 2.05) is 39.0 Å². The van der Waals surface area contributed by atoms with E-state index in [0.29, 0.717) is 10.9 Å². The molecule has 0 aliphatic rings. The van der Waals surface area contributed by atoms with Crippen molar-refractivity contribution in [1.82, 2.24) is 0 Å². The van der Waals surface area contributed by atoms with Crippen molar-refractivity contribution in [2.24, 2.45) is 0 Å². The van der Waals surface area contributed by atoms with E-state index in [2.05, 4.69) is 0 Å². The Morgan fingerprint density at radius 2 is 1.61 bits per heavy atom. The van der Waals surface area contributed by atoms with Gasteiger partial charge >= 0.3 is 0 Å². The van der Waals surface area contributed by atoms with Crippen LogP contribution in [0.4, 0.5) is 0 Å². The predicted molar refractivity (Wildman–Crippen MR) is 72.5 cm³/mol. The number of benzene rings is 2. The lowest BCUT2D eigenvalue weighted by atomic mass is 9.86. The predicted octanol–water partition coefficient (Wildman–Crippen LogP) is 3.38. The van der Waals surface area contributed by atoms with Gasteiger partial charge in [-0.1, -0.05) is 57.2 Å². The van der Waals surface area contributed by atoms with E-state index in [-0.39, 0.29) is 10.3 Å². The second-order valence-electron chi connectivity index (χ2n) is 5.39. The van der Waals surface area contributed by atoms with Crippen LogP contribution in [0.2, 0.25) is 0 Å². The fourth-order valence-electron chi connectivity index (χ4n) is 2.11. The highest BCUT2D eigenvalue weighted by molar-refractivity contribution is 7.86. The third-order valence-electron chi connectivity index (χ3n) is 2.95. The zero-order chi connectivity index (χ0) is 13.6. The minimum atomic E-state index is -4.24. The van der Waals surface area contributed by atoms with Crippen LogP contribution in [0.15, 0.2) is 41.3 Å². The first-order valence-electron chi connectivity index (χ1n) is 5.71. The van der Waals surface area contributed by atoms with Gasteiger partial charge in [-0.05, 0) is 16.4 Å². The van der Waals surface area contributed by atoms with Gasteiger partial charge in [0.05, 0.1) is 0 Å². The minimum Gasteiger partial charge on any atom is -0.282 e. The lowest BCUT2D eigenvalue weighted by Gasteiger charge is -2.22. The lowest BCUT2D eigenvalue weighted by molar-refractivity contribution is 0.477. The average Bonchev–Trinajstić information content (AvgIpc) is 2.24. The van der Waals surface area contributed by atoms with Crippen molar-refractivity contribution in [3.05, 3.63) is 42.0 Å². The first kappa shape index (κ1) is 13.1. The molecule has 2 aromatic rings. The maximum Gasteiger partial charge on any atom is 0.295 e. The van der Waals surface area contributed by atoms with Gasteiger partial charge < -0.3 is 0 Å². The van der Waals surface area contributed by atoms with Crippen LogP contribution in [0.5, 0.6) is 0 Å². The van der Waals surface area contributed by atoms with E-state index in [1.165, 1.54) is 0 Å². The molecule has 0 aliphatic heterocycles. The molecule has 2 aromatic carbocycles. The molecule has 0 unspecified atom stereocenters. The molecule has 0 saturated carbocycles. The smallest absolute Gasteiger partial charge is 0.282 e. The van der Waals surface area contributed by atoms with E-state index < -0.39 is 10.1 Å². The molecule has 0 aromatic heterocycles. The van der Waals surface area contributed by atoms with Crippen LogP contribution in [0.3, 0.4) is 0 Å². The van der Waals surface area contributed by atoms with Gasteiger partial charge in [-0.2, -0.15) is 8.42 Å². The summed E-state index contributed by atoms with van der Waals surface area (Å²) in [6.45, 7) is 5.77. The van der Waals surface area contributed by atoms with E-state index in [1.54, 1.807) is 18.2 Å². The highest BCUT2D eigenvalue weighted by Gasteiger charge is 2.26. The third kappa shape index (κ3) is 2.26. The van der Waals surface area contributed by atoms with Crippen molar-refractivity contribution in [1.29, 1.82) is 0 Å². The molecule has 18 heavy (non-hydrogen) atoms. The highest BCUT2D eigenvalue weighted by Crippen LogP contribution is 2.34. The van der Waals surface area contributed by atoms with Crippen LogP contribution in [-0.2, 0) is 15.5 Å². The summed E-state index contributed by atoms with van der Waals surface area (Å²) in [5, 5.41) is 1.37. The van der Waals surface area contributed by atoms with Crippen molar-refractivity contribution >= 4 is 20.9 Å². The molecule has 0 fully saturated rings. The van der Waals surface area contributed by atoms with Crippen LogP contribution in [0, 0.1) is 0 Å². The minimum absolute atomic E-state index is 0.0214. The summed E-state index contributed by atoms with van der Waals surface area (Å²) in [7, 11) is -4.24. The standard InChI is InChI=1S/C14H16O3S/c1-14(2,3)12-9-8-10-6-4-5-7-11(10)13(12)18(15,16)17/h4-9H,1-3H3,(H,15,16,17). The molecule has 0 saturated heterocycles. The summed E-state index contributed by atoms with van der Waals surface area (Å²) >= 11 is 0. The second kappa shape index (κ2) is 4.07. The molecule has 3 nitrogen and oxygen atoms in total. The molecule has 0 heterocycles. The molecule has 0 bridgehead atoms. The highest BCUT2D eigenvalue weighted by atomic mass is 32.2. The van der Waals surface area contributed by atoms with Gasteiger partial charge in [-0.25, -0.2) is 0 Å². The van der Waals surface area contributed by atoms with Crippen LogP contribution < -0.4 is 0 Å².